The number of benzene rings is 1. The van der Waals surface area contributed by atoms with E-state index in [1.54, 1.807) is 6.07 Å². The second kappa shape index (κ2) is 7.24. The molecule has 0 radical (unpaired) electrons. The summed E-state index contributed by atoms with van der Waals surface area (Å²) in [6.07, 6.45) is 0. The summed E-state index contributed by atoms with van der Waals surface area (Å²) in [4.78, 5) is 38.5. The molecule has 10 heteroatoms. The zero-order valence-electron chi connectivity index (χ0n) is 13.9. The van der Waals surface area contributed by atoms with Gasteiger partial charge in [-0.3, -0.25) is 14.5 Å². The molecule has 0 spiro atoms. The highest BCUT2D eigenvalue weighted by Gasteiger charge is 2.49. The molecule has 2 aromatic rings. The molecule has 1 atom stereocenters. The van der Waals surface area contributed by atoms with Crippen molar-refractivity contribution in [2.45, 2.75) is 19.1 Å². The summed E-state index contributed by atoms with van der Waals surface area (Å²) in [7, 11) is 0. The first-order chi connectivity index (χ1) is 12.7. The van der Waals surface area contributed by atoms with Crippen molar-refractivity contribution < 1.29 is 27.9 Å². The lowest BCUT2D eigenvalue weighted by atomic mass is 9.92. The van der Waals surface area contributed by atoms with Gasteiger partial charge in [-0.25, -0.2) is 4.79 Å². The molecule has 1 unspecified atom stereocenters. The van der Waals surface area contributed by atoms with E-state index in [0.717, 1.165) is 16.2 Å². The van der Waals surface area contributed by atoms with Crippen molar-refractivity contribution in [3.63, 3.8) is 0 Å². The van der Waals surface area contributed by atoms with Gasteiger partial charge >= 0.3 is 12.6 Å². The van der Waals surface area contributed by atoms with Crippen molar-refractivity contribution >= 4 is 40.7 Å². The first kappa shape index (κ1) is 19.2. The summed E-state index contributed by atoms with van der Waals surface area (Å²) >= 11 is 6.85. The molecule has 1 N–H and O–H groups in total. The number of halogens is 3. The molecule has 1 aliphatic rings. The van der Waals surface area contributed by atoms with Crippen LogP contribution in [0.5, 0.6) is 5.75 Å². The summed E-state index contributed by atoms with van der Waals surface area (Å²) in [5.41, 5.74) is -1.05. The summed E-state index contributed by atoms with van der Waals surface area (Å²) in [6.45, 7) is -1.92. The lowest BCUT2D eigenvalue weighted by Crippen LogP contribution is -2.41. The average molecular weight is 415 g/mol. The Morgan fingerprint density at radius 2 is 1.93 bits per heavy atom. The quantitative estimate of drug-likeness (QED) is 0.578. The van der Waals surface area contributed by atoms with E-state index in [0.29, 0.717) is 14.8 Å². The molecule has 142 valence electrons. The molecule has 0 bridgehead atoms. The Labute approximate surface area is 161 Å². The normalized spacial score (nSPS) is 19.5. The van der Waals surface area contributed by atoms with E-state index in [9.17, 15) is 23.2 Å². The number of carbonyl (C=O) groups is 3. The van der Waals surface area contributed by atoms with Gasteiger partial charge in [0.25, 0.3) is 5.91 Å². The number of ketones is 1. The fourth-order valence-electron chi connectivity index (χ4n) is 2.69. The maximum Gasteiger partial charge on any atom is 0.387 e. The number of rotatable bonds is 6. The van der Waals surface area contributed by atoms with Gasteiger partial charge in [0.05, 0.1) is 15.8 Å². The first-order valence-electron chi connectivity index (χ1n) is 7.68. The zero-order chi connectivity index (χ0) is 19.8. The third-order valence-corrected chi connectivity index (χ3v) is 5.35. The molecule has 1 fully saturated rings. The third kappa shape index (κ3) is 3.79. The number of carbonyl (C=O) groups excluding carboxylic acids is 3. The number of hydrogen-bond acceptors (Lipinski definition) is 5. The van der Waals surface area contributed by atoms with Crippen molar-refractivity contribution in [3.8, 4) is 5.75 Å². The molecule has 3 rings (SSSR count). The highest BCUT2D eigenvalue weighted by molar-refractivity contribution is 7.18. The maximum absolute atomic E-state index is 12.8. The minimum Gasteiger partial charge on any atom is -0.435 e. The summed E-state index contributed by atoms with van der Waals surface area (Å²) < 4.78 is 29.2. The van der Waals surface area contributed by atoms with Gasteiger partial charge in [0.2, 0.25) is 0 Å². The van der Waals surface area contributed by atoms with E-state index in [4.69, 9.17) is 11.6 Å². The van der Waals surface area contributed by atoms with Crippen LogP contribution in [0.3, 0.4) is 0 Å². The number of thiophene rings is 1. The molecule has 1 saturated heterocycles. The van der Waals surface area contributed by atoms with Crippen LogP contribution in [0.25, 0.3) is 0 Å². The fourth-order valence-corrected chi connectivity index (χ4v) is 3.66. The van der Waals surface area contributed by atoms with Crippen LogP contribution in [0, 0.1) is 0 Å². The Morgan fingerprint density at radius 1 is 1.26 bits per heavy atom. The number of alkyl halides is 2. The number of ether oxygens (including phenoxy) is 1. The van der Waals surface area contributed by atoms with Gasteiger partial charge in [0, 0.05) is 0 Å². The molecule has 27 heavy (non-hydrogen) atoms. The summed E-state index contributed by atoms with van der Waals surface area (Å²) in [6, 6.07) is 7.71. The second-order valence-corrected chi connectivity index (χ2v) is 7.59. The van der Waals surface area contributed by atoms with Gasteiger partial charge < -0.3 is 10.1 Å². The highest BCUT2D eigenvalue weighted by atomic mass is 35.5. The van der Waals surface area contributed by atoms with Crippen molar-refractivity contribution in [2.24, 2.45) is 0 Å². The largest absolute Gasteiger partial charge is 0.435 e. The van der Waals surface area contributed by atoms with E-state index in [2.05, 4.69) is 10.1 Å². The smallest absolute Gasteiger partial charge is 0.387 e. The standard InChI is InChI=1S/C17H13ClF2N2O4S/c1-17(9-2-4-10(5-3-9)26-15(19)20)14(24)22(16(25)21-17)8-11(23)12-6-7-13(18)27-12/h2-7,15H,8H2,1H3,(H,21,25). The van der Waals surface area contributed by atoms with Crippen LogP contribution in [-0.4, -0.2) is 35.8 Å². The fraction of sp³-hybridized carbons (Fsp3) is 0.235. The lowest BCUT2D eigenvalue weighted by Gasteiger charge is -2.22. The topological polar surface area (TPSA) is 75.7 Å². The van der Waals surface area contributed by atoms with Crippen molar-refractivity contribution in [2.75, 3.05) is 6.54 Å². The van der Waals surface area contributed by atoms with Gasteiger partial charge in [-0.2, -0.15) is 8.78 Å². The number of nitrogens with zero attached hydrogens (tertiary/aromatic N) is 1. The predicted octanol–water partition coefficient (Wildman–Crippen LogP) is 3.65. The van der Waals surface area contributed by atoms with Crippen LogP contribution in [-0.2, 0) is 10.3 Å². The van der Waals surface area contributed by atoms with Gasteiger partial charge in [0.1, 0.15) is 11.3 Å². The van der Waals surface area contributed by atoms with Crippen molar-refractivity contribution in [1.82, 2.24) is 10.2 Å². The Bertz CT molecular complexity index is 903. The number of amides is 3. The molecule has 0 saturated carbocycles. The lowest BCUT2D eigenvalue weighted by molar-refractivity contribution is -0.130. The Kier molecular flexibility index (Phi) is 5.16. The van der Waals surface area contributed by atoms with Gasteiger partial charge in [-0.15, -0.1) is 11.3 Å². The monoisotopic (exact) mass is 414 g/mol. The molecule has 3 amide bonds. The zero-order valence-corrected chi connectivity index (χ0v) is 15.4. The summed E-state index contributed by atoms with van der Waals surface area (Å²) in [5, 5.41) is 2.54. The van der Waals surface area contributed by atoms with Gasteiger partial charge in [-0.05, 0) is 36.8 Å². The van der Waals surface area contributed by atoms with Crippen LogP contribution >= 0.6 is 22.9 Å². The van der Waals surface area contributed by atoms with E-state index in [1.165, 1.54) is 37.3 Å². The Hall–Kier alpha value is -2.52. The second-order valence-electron chi connectivity index (χ2n) is 5.88. The number of nitrogens with one attached hydrogen (secondary N) is 1. The van der Waals surface area contributed by atoms with Crippen LogP contribution in [0.4, 0.5) is 13.6 Å². The van der Waals surface area contributed by atoms with Crippen molar-refractivity contribution in [3.05, 3.63) is 51.2 Å². The van der Waals surface area contributed by atoms with Gasteiger partial charge in [0.15, 0.2) is 5.78 Å². The SMILES string of the molecule is CC1(c2ccc(OC(F)F)cc2)NC(=O)N(CC(=O)c2ccc(Cl)s2)C1=O. The number of urea groups is 1. The van der Waals surface area contributed by atoms with E-state index in [1.807, 2.05) is 0 Å². The van der Waals surface area contributed by atoms with Crippen LogP contribution in [0.15, 0.2) is 36.4 Å². The Morgan fingerprint density at radius 3 is 2.48 bits per heavy atom. The van der Waals surface area contributed by atoms with Crippen LogP contribution < -0.4 is 10.1 Å². The summed E-state index contributed by atoms with van der Waals surface area (Å²) in [5.74, 6) is -1.11. The molecule has 1 aromatic carbocycles. The maximum atomic E-state index is 12.8. The number of hydrogen-bond donors (Lipinski definition) is 1. The average Bonchev–Trinajstić information content (AvgIpc) is 3.13. The minimum atomic E-state index is -2.97. The van der Waals surface area contributed by atoms with Crippen molar-refractivity contribution in [1.29, 1.82) is 0 Å². The highest BCUT2D eigenvalue weighted by Crippen LogP contribution is 2.31. The molecule has 2 heterocycles. The molecule has 6 nitrogen and oxygen atoms in total. The number of Topliss-reactive ketones (excluding diaryl/α,β-unsaturated/α-hetero) is 1. The molecular weight excluding hydrogens is 402 g/mol. The molecule has 1 aliphatic heterocycles. The first-order valence-corrected chi connectivity index (χ1v) is 8.88. The number of imide groups is 1. The van der Waals surface area contributed by atoms with E-state index < -0.39 is 36.4 Å². The third-order valence-electron chi connectivity index (χ3n) is 4.08. The van der Waals surface area contributed by atoms with Crippen LogP contribution in [0.1, 0.15) is 22.2 Å². The van der Waals surface area contributed by atoms with Crippen LogP contribution in [0.2, 0.25) is 4.34 Å². The molecular formula is C17H13ClF2N2O4S. The predicted molar refractivity (Wildman–Crippen MR) is 94.3 cm³/mol. The minimum absolute atomic E-state index is 0.0734. The van der Waals surface area contributed by atoms with Gasteiger partial charge in [-0.1, -0.05) is 23.7 Å². The molecule has 0 aliphatic carbocycles. The van der Waals surface area contributed by atoms with E-state index in [-0.39, 0.29) is 5.75 Å². The molecule has 1 aromatic heterocycles. The van der Waals surface area contributed by atoms with E-state index >= 15 is 0 Å². The Balaban J connectivity index is 1.78.